The molecule has 0 saturated carbocycles. The largest absolute Gasteiger partial charge is 0.356 e. The van der Waals surface area contributed by atoms with Gasteiger partial charge in [0, 0.05) is 13.0 Å². The highest BCUT2D eigenvalue weighted by Gasteiger charge is 1.99. The summed E-state index contributed by atoms with van der Waals surface area (Å²) in [5, 5.41) is 2.96. The van der Waals surface area contributed by atoms with E-state index in [9.17, 15) is 4.79 Å². The number of nitrogens with zero attached hydrogens (tertiary/aromatic N) is 1. The first-order chi connectivity index (χ1) is 7.16. The lowest BCUT2D eigenvalue weighted by atomic mass is 10.2. The normalized spacial score (nSPS) is 10.7. The van der Waals surface area contributed by atoms with Crippen LogP contribution in [0.25, 0.3) is 0 Å². The van der Waals surface area contributed by atoms with Gasteiger partial charge in [0.15, 0.2) is 0 Å². The molecule has 3 heteroatoms. The Morgan fingerprint density at radius 3 is 2.47 bits per heavy atom. The monoisotopic (exact) mass is 214 g/mol. The van der Waals surface area contributed by atoms with Crippen LogP contribution in [0.5, 0.6) is 0 Å². The minimum absolute atomic E-state index is 0.216. The number of carbonyl (C=O) groups excluding carboxylic acids is 1. The third-order valence-electron chi connectivity index (χ3n) is 2.36. The van der Waals surface area contributed by atoms with Crippen molar-refractivity contribution in [2.45, 2.75) is 45.4 Å². The maximum absolute atomic E-state index is 11.3. The van der Waals surface area contributed by atoms with Crippen LogP contribution in [0.3, 0.4) is 0 Å². The Morgan fingerprint density at radius 2 is 1.87 bits per heavy atom. The van der Waals surface area contributed by atoms with Gasteiger partial charge in [-0.15, -0.1) is 0 Å². The van der Waals surface area contributed by atoms with E-state index >= 15 is 0 Å². The number of nitrogens with one attached hydrogen (secondary N) is 1. The first-order valence-electron chi connectivity index (χ1n) is 6.08. The van der Waals surface area contributed by atoms with Gasteiger partial charge in [0.05, 0.1) is 0 Å². The zero-order valence-electron chi connectivity index (χ0n) is 10.5. The van der Waals surface area contributed by atoms with Crippen molar-refractivity contribution in [2.24, 2.45) is 0 Å². The van der Waals surface area contributed by atoms with Gasteiger partial charge in [0.25, 0.3) is 0 Å². The summed E-state index contributed by atoms with van der Waals surface area (Å²) in [6.07, 6.45) is 6.30. The van der Waals surface area contributed by atoms with Gasteiger partial charge in [-0.05, 0) is 39.9 Å². The molecule has 0 aliphatic carbocycles. The number of unbranched alkanes of at least 4 members (excludes halogenated alkanes) is 3. The molecular weight excluding hydrogens is 188 g/mol. The summed E-state index contributed by atoms with van der Waals surface area (Å²) in [6, 6.07) is 0. The maximum Gasteiger partial charge on any atom is 0.219 e. The molecule has 0 fully saturated rings. The maximum atomic E-state index is 11.3. The zero-order valence-corrected chi connectivity index (χ0v) is 10.5. The molecule has 0 radical (unpaired) electrons. The SMILES string of the molecule is CCCCCC(=O)NCCCCN(C)C. The van der Waals surface area contributed by atoms with Crippen molar-refractivity contribution >= 4 is 5.91 Å². The molecule has 3 nitrogen and oxygen atoms in total. The zero-order chi connectivity index (χ0) is 11.5. The molecule has 0 aliphatic rings. The third-order valence-corrected chi connectivity index (χ3v) is 2.36. The summed E-state index contributed by atoms with van der Waals surface area (Å²) < 4.78 is 0. The van der Waals surface area contributed by atoms with Gasteiger partial charge in [-0.2, -0.15) is 0 Å². The molecule has 0 saturated heterocycles. The van der Waals surface area contributed by atoms with E-state index in [1.165, 1.54) is 6.42 Å². The number of rotatable bonds is 9. The van der Waals surface area contributed by atoms with Gasteiger partial charge in [-0.1, -0.05) is 19.8 Å². The topological polar surface area (TPSA) is 32.3 Å². The van der Waals surface area contributed by atoms with Crippen molar-refractivity contribution in [3.05, 3.63) is 0 Å². The van der Waals surface area contributed by atoms with Crippen LogP contribution in [0.4, 0.5) is 0 Å². The van der Waals surface area contributed by atoms with Crippen LogP contribution in [0.1, 0.15) is 45.4 Å². The molecule has 1 amide bonds. The van der Waals surface area contributed by atoms with E-state index in [4.69, 9.17) is 0 Å². The fourth-order valence-electron chi connectivity index (χ4n) is 1.40. The molecule has 0 atom stereocenters. The fourth-order valence-corrected chi connectivity index (χ4v) is 1.40. The van der Waals surface area contributed by atoms with E-state index < -0.39 is 0 Å². The van der Waals surface area contributed by atoms with Gasteiger partial charge >= 0.3 is 0 Å². The summed E-state index contributed by atoms with van der Waals surface area (Å²) in [5.41, 5.74) is 0. The molecule has 0 aromatic carbocycles. The average molecular weight is 214 g/mol. The van der Waals surface area contributed by atoms with E-state index in [0.29, 0.717) is 6.42 Å². The third kappa shape index (κ3) is 11.4. The van der Waals surface area contributed by atoms with Crippen LogP contribution in [-0.2, 0) is 4.79 Å². The van der Waals surface area contributed by atoms with Crippen molar-refractivity contribution in [1.82, 2.24) is 10.2 Å². The summed E-state index contributed by atoms with van der Waals surface area (Å²) in [7, 11) is 4.15. The predicted octanol–water partition coefficient (Wildman–Crippen LogP) is 2.02. The van der Waals surface area contributed by atoms with Gasteiger partial charge in [0.2, 0.25) is 5.91 Å². The second-order valence-electron chi connectivity index (χ2n) is 4.32. The highest BCUT2D eigenvalue weighted by molar-refractivity contribution is 5.75. The Kier molecular flexibility index (Phi) is 9.59. The molecule has 0 aliphatic heterocycles. The molecule has 0 rings (SSSR count). The summed E-state index contributed by atoms with van der Waals surface area (Å²) in [5.74, 6) is 0.216. The van der Waals surface area contributed by atoms with Crippen LogP contribution >= 0.6 is 0 Å². The fraction of sp³-hybridized carbons (Fsp3) is 0.917. The molecular formula is C12H26N2O. The van der Waals surface area contributed by atoms with Crippen LogP contribution in [0, 0.1) is 0 Å². The van der Waals surface area contributed by atoms with Crippen molar-refractivity contribution in [3.8, 4) is 0 Å². The van der Waals surface area contributed by atoms with Crippen molar-refractivity contribution in [1.29, 1.82) is 0 Å². The van der Waals surface area contributed by atoms with E-state index in [2.05, 4.69) is 31.2 Å². The first-order valence-corrected chi connectivity index (χ1v) is 6.08. The molecule has 0 spiro atoms. The molecule has 0 aromatic heterocycles. The molecule has 90 valence electrons. The number of carbonyl (C=O) groups is 1. The Bertz CT molecular complexity index is 158. The first kappa shape index (κ1) is 14.4. The van der Waals surface area contributed by atoms with E-state index in [1.807, 2.05) is 0 Å². The lowest BCUT2D eigenvalue weighted by Crippen LogP contribution is -2.24. The molecule has 0 heterocycles. The Morgan fingerprint density at radius 1 is 1.13 bits per heavy atom. The Labute approximate surface area is 94.2 Å². The summed E-state index contributed by atoms with van der Waals surface area (Å²) in [4.78, 5) is 13.5. The number of hydrogen-bond acceptors (Lipinski definition) is 2. The lowest BCUT2D eigenvalue weighted by Gasteiger charge is -2.09. The van der Waals surface area contributed by atoms with E-state index in [0.717, 1.165) is 38.8 Å². The van der Waals surface area contributed by atoms with E-state index in [1.54, 1.807) is 0 Å². The van der Waals surface area contributed by atoms with E-state index in [-0.39, 0.29) is 5.91 Å². The highest BCUT2D eigenvalue weighted by atomic mass is 16.1. The number of hydrogen-bond donors (Lipinski definition) is 1. The van der Waals surface area contributed by atoms with Crippen molar-refractivity contribution in [3.63, 3.8) is 0 Å². The molecule has 0 bridgehead atoms. The molecule has 15 heavy (non-hydrogen) atoms. The second-order valence-corrected chi connectivity index (χ2v) is 4.32. The second kappa shape index (κ2) is 9.97. The molecule has 0 unspecified atom stereocenters. The molecule has 0 aromatic rings. The van der Waals surface area contributed by atoms with Gasteiger partial charge in [-0.3, -0.25) is 4.79 Å². The summed E-state index contributed by atoms with van der Waals surface area (Å²) in [6.45, 7) is 4.09. The lowest BCUT2D eigenvalue weighted by molar-refractivity contribution is -0.121. The minimum atomic E-state index is 0.216. The molecule has 1 N–H and O–H groups in total. The average Bonchev–Trinajstić information content (AvgIpc) is 2.17. The van der Waals surface area contributed by atoms with Crippen LogP contribution < -0.4 is 5.32 Å². The van der Waals surface area contributed by atoms with Crippen molar-refractivity contribution < 1.29 is 4.79 Å². The van der Waals surface area contributed by atoms with Crippen LogP contribution in [-0.4, -0.2) is 38.0 Å². The standard InChI is InChI=1S/C12H26N2O/c1-4-5-6-9-12(15)13-10-7-8-11-14(2)3/h4-11H2,1-3H3,(H,13,15). The van der Waals surface area contributed by atoms with Gasteiger partial charge < -0.3 is 10.2 Å². The van der Waals surface area contributed by atoms with Gasteiger partial charge in [-0.25, -0.2) is 0 Å². The van der Waals surface area contributed by atoms with Crippen molar-refractivity contribution in [2.75, 3.05) is 27.2 Å². The van der Waals surface area contributed by atoms with Crippen LogP contribution in [0.15, 0.2) is 0 Å². The van der Waals surface area contributed by atoms with Gasteiger partial charge in [0.1, 0.15) is 0 Å². The number of amides is 1. The highest BCUT2D eigenvalue weighted by Crippen LogP contribution is 1.98. The minimum Gasteiger partial charge on any atom is -0.356 e. The quantitative estimate of drug-likeness (QED) is 0.596. The smallest absolute Gasteiger partial charge is 0.219 e. The Hall–Kier alpha value is -0.570. The predicted molar refractivity (Wildman–Crippen MR) is 64.9 cm³/mol. The summed E-state index contributed by atoms with van der Waals surface area (Å²) >= 11 is 0. The van der Waals surface area contributed by atoms with Crippen LogP contribution in [0.2, 0.25) is 0 Å². The Balaban J connectivity index is 3.17.